The molecule has 11 heteroatoms. The predicted octanol–water partition coefficient (Wildman–Crippen LogP) is 4.15. The van der Waals surface area contributed by atoms with E-state index in [4.69, 9.17) is 14.0 Å². The first-order chi connectivity index (χ1) is 15.4. The van der Waals surface area contributed by atoms with Gasteiger partial charge >= 0.3 is 0 Å². The van der Waals surface area contributed by atoms with Gasteiger partial charge in [-0.05, 0) is 33.2 Å². The van der Waals surface area contributed by atoms with Crippen LogP contribution in [0.2, 0.25) is 0 Å². The summed E-state index contributed by atoms with van der Waals surface area (Å²) in [6, 6.07) is 9.35. The van der Waals surface area contributed by atoms with E-state index in [1.165, 1.54) is 12.5 Å². The van der Waals surface area contributed by atoms with Crippen molar-refractivity contribution in [2.24, 2.45) is 0 Å². The van der Waals surface area contributed by atoms with Crippen LogP contribution in [0, 0.1) is 0 Å². The number of hydrogen-bond acceptors (Lipinski definition) is 8. The monoisotopic (exact) mass is 518 g/mol. The molecular formula is C21H19BrN4O5S. The first-order valence-electron chi connectivity index (χ1n) is 9.55. The van der Waals surface area contributed by atoms with Gasteiger partial charge in [0.2, 0.25) is 0 Å². The molecule has 32 heavy (non-hydrogen) atoms. The number of pyridine rings is 1. The molecule has 4 rings (SSSR count). The highest BCUT2D eigenvalue weighted by Gasteiger charge is 2.19. The molecule has 0 N–H and O–H groups in total. The molecule has 0 spiro atoms. The summed E-state index contributed by atoms with van der Waals surface area (Å²) < 4.78 is 41.8. The molecule has 1 aromatic carbocycles. The highest BCUT2D eigenvalue weighted by molar-refractivity contribution is 9.10. The summed E-state index contributed by atoms with van der Waals surface area (Å²) in [5, 5.41) is 8.52. The van der Waals surface area contributed by atoms with Crippen molar-refractivity contribution >= 4 is 42.9 Å². The molecule has 0 fully saturated rings. The zero-order valence-electron chi connectivity index (χ0n) is 17.1. The van der Waals surface area contributed by atoms with E-state index in [-0.39, 0.29) is 5.88 Å². The molecule has 0 bridgehead atoms. The molecule has 9 nitrogen and oxygen atoms in total. The van der Waals surface area contributed by atoms with E-state index in [1.807, 2.05) is 24.3 Å². The lowest BCUT2D eigenvalue weighted by molar-refractivity contribution is 0.233. The number of aromatic nitrogens is 4. The largest absolute Gasteiger partial charge is 0.493 e. The summed E-state index contributed by atoms with van der Waals surface area (Å²) in [6.07, 6.45) is 6.30. The Labute approximate surface area is 192 Å². The Kier molecular flexibility index (Phi) is 6.28. The van der Waals surface area contributed by atoms with Crippen LogP contribution in [0.4, 0.5) is 0 Å². The molecule has 3 aromatic heterocycles. The van der Waals surface area contributed by atoms with E-state index in [9.17, 15) is 8.42 Å². The van der Waals surface area contributed by atoms with Crippen molar-refractivity contribution in [3.8, 4) is 22.9 Å². The predicted molar refractivity (Wildman–Crippen MR) is 123 cm³/mol. The number of halogens is 1. The fraction of sp³-hybridized carbons (Fsp3) is 0.190. The van der Waals surface area contributed by atoms with Crippen LogP contribution in [0.5, 0.6) is 11.6 Å². The highest BCUT2D eigenvalue weighted by atomic mass is 79.9. The maximum atomic E-state index is 11.9. The van der Waals surface area contributed by atoms with Crippen LogP contribution in [-0.2, 0) is 10.0 Å². The van der Waals surface area contributed by atoms with Gasteiger partial charge in [0, 0.05) is 17.4 Å². The number of nitrogens with zero attached hydrogens (tertiary/aromatic N) is 4. The zero-order chi connectivity index (χ0) is 22.7. The SMILES string of the molecule is C=Cc1ccccc1OCCCOc1nocc1-c1cc2c(Br)nn(S(C)(=O)=O)c2cn1. The smallest absolute Gasteiger partial charge is 0.263 e. The van der Waals surface area contributed by atoms with Crippen LogP contribution in [0.25, 0.3) is 28.2 Å². The zero-order valence-corrected chi connectivity index (χ0v) is 19.5. The van der Waals surface area contributed by atoms with Gasteiger partial charge in [-0.15, -0.1) is 5.10 Å². The van der Waals surface area contributed by atoms with E-state index in [0.29, 0.717) is 46.4 Å². The number of rotatable bonds is 9. The minimum atomic E-state index is -3.56. The summed E-state index contributed by atoms with van der Waals surface area (Å²) in [4.78, 5) is 4.34. The van der Waals surface area contributed by atoms with Gasteiger partial charge in [-0.3, -0.25) is 4.98 Å². The molecule has 0 aliphatic heterocycles. The van der Waals surface area contributed by atoms with Gasteiger partial charge in [-0.1, -0.05) is 30.9 Å². The first kappa shape index (κ1) is 22.0. The van der Waals surface area contributed by atoms with Gasteiger partial charge in [-0.2, -0.15) is 4.09 Å². The van der Waals surface area contributed by atoms with E-state index in [2.05, 4.69) is 37.7 Å². The molecule has 3 heterocycles. The molecule has 0 aliphatic carbocycles. The molecule has 0 radical (unpaired) electrons. The molecule has 0 amide bonds. The summed E-state index contributed by atoms with van der Waals surface area (Å²) in [5.41, 5.74) is 2.35. The molecular weight excluding hydrogens is 500 g/mol. The molecule has 0 saturated carbocycles. The highest BCUT2D eigenvalue weighted by Crippen LogP contribution is 2.32. The average molecular weight is 519 g/mol. The van der Waals surface area contributed by atoms with E-state index in [0.717, 1.165) is 21.7 Å². The topological polar surface area (TPSA) is 109 Å². The fourth-order valence-corrected chi connectivity index (χ4v) is 4.36. The molecule has 0 unspecified atom stereocenters. The van der Waals surface area contributed by atoms with E-state index >= 15 is 0 Å². The minimum absolute atomic E-state index is 0.287. The van der Waals surface area contributed by atoms with Crippen LogP contribution < -0.4 is 9.47 Å². The molecule has 166 valence electrons. The second-order valence-corrected chi connectivity index (χ2v) is 9.37. The second-order valence-electron chi connectivity index (χ2n) is 6.81. The third-order valence-electron chi connectivity index (χ3n) is 4.54. The van der Waals surface area contributed by atoms with Crippen LogP contribution in [0.3, 0.4) is 0 Å². The van der Waals surface area contributed by atoms with Crippen molar-refractivity contribution in [3.63, 3.8) is 0 Å². The lowest BCUT2D eigenvalue weighted by Gasteiger charge is -2.09. The number of benzene rings is 1. The molecule has 0 aliphatic rings. The summed E-state index contributed by atoms with van der Waals surface area (Å²) >= 11 is 3.30. The molecule has 0 atom stereocenters. The third kappa shape index (κ3) is 4.53. The average Bonchev–Trinajstić information content (AvgIpc) is 3.38. The Morgan fingerprint density at radius 2 is 2.03 bits per heavy atom. The van der Waals surface area contributed by atoms with Gasteiger partial charge in [0.15, 0.2) is 0 Å². The van der Waals surface area contributed by atoms with E-state index in [1.54, 1.807) is 12.1 Å². The van der Waals surface area contributed by atoms with Gasteiger partial charge in [0.25, 0.3) is 15.9 Å². The van der Waals surface area contributed by atoms with Gasteiger partial charge in [0.1, 0.15) is 27.7 Å². The van der Waals surface area contributed by atoms with Gasteiger partial charge in [0.05, 0.1) is 31.4 Å². The Morgan fingerprint density at radius 1 is 1.25 bits per heavy atom. The normalized spacial score (nSPS) is 11.6. The lowest BCUT2D eigenvalue weighted by Crippen LogP contribution is -2.11. The molecule has 4 aromatic rings. The number of hydrogen-bond donors (Lipinski definition) is 0. The Morgan fingerprint density at radius 3 is 2.81 bits per heavy atom. The quantitative estimate of drug-likeness (QED) is 0.304. The maximum absolute atomic E-state index is 11.9. The van der Waals surface area contributed by atoms with Crippen molar-refractivity contribution in [1.82, 2.24) is 19.3 Å². The van der Waals surface area contributed by atoms with Crippen molar-refractivity contribution in [2.75, 3.05) is 19.5 Å². The standard InChI is InChI=1S/C21H19BrN4O5S/c1-3-14-7-4-5-8-19(14)29-9-6-10-30-21-16(13-31-25-21)17-11-15-18(12-23-17)26(24-20(15)22)32(2,27)28/h3-5,7-8,11-13H,1,6,9-10H2,2H3. The van der Waals surface area contributed by atoms with Crippen LogP contribution in [0.1, 0.15) is 12.0 Å². The fourth-order valence-electron chi connectivity index (χ4n) is 3.04. The lowest BCUT2D eigenvalue weighted by atomic mass is 10.2. The number of ether oxygens (including phenoxy) is 2. The van der Waals surface area contributed by atoms with E-state index < -0.39 is 10.0 Å². The minimum Gasteiger partial charge on any atom is -0.493 e. The first-order valence-corrected chi connectivity index (χ1v) is 12.2. The van der Waals surface area contributed by atoms with Crippen LogP contribution >= 0.6 is 15.9 Å². The van der Waals surface area contributed by atoms with Crippen LogP contribution in [-0.4, -0.2) is 47.2 Å². The van der Waals surface area contributed by atoms with Gasteiger partial charge in [-0.25, -0.2) is 8.42 Å². The summed E-state index contributed by atoms with van der Waals surface area (Å²) in [5.74, 6) is 1.05. The third-order valence-corrected chi connectivity index (χ3v) is 6.03. The Bertz CT molecular complexity index is 1380. The second kappa shape index (κ2) is 9.13. The van der Waals surface area contributed by atoms with Gasteiger partial charge < -0.3 is 14.0 Å². The number of para-hydroxylation sites is 1. The van der Waals surface area contributed by atoms with Crippen molar-refractivity contribution in [1.29, 1.82) is 0 Å². The Hall–Kier alpha value is -3.18. The Balaban J connectivity index is 1.44. The number of fused-ring (bicyclic) bond motifs is 1. The van der Waals surface area contributed by atoms with Crippen molar-refractivity contribution < 1.29 is 22.4 Å². The van der Waals surface area contributed by atoms with Crippen molar-refractivity contribution in [3.05, 3.63) is 59.5 Å². The maximum Gasteiger partial charge on any atom is 0.263 e. The van der Waals surface area contributed by atoms with Crippen LogP contribution in [0.15, 0.2) is 58.5 Å². The molecule has 0 saturated heterocycles. The summed E-state index contributed by atoms with van der Waals surface area (Å²) in [7, 11) is -3.56. The van der Waals surface area contributed by atoms with Crippen molar-refractivity contribution in [2.45, 2.75) is 6.42 Å². The summed E-state index contributed by atoms with van der Waals surface area (Å²) in [6.45, 7) is 4.59.